The molecule has 2 aromatic rings. The van der Waals surface area contributed by atoms with Gasteiger partial charge in [-0.05, 0) is 6.07 Å². The largest absolute Gasteiger partial charge is 0.383 e. The third-order valence-electron chi connectivity index (χ3n) is 2.86. The zero-order valence-corrected chi connectivity index (χ0v) is 11.2. The molecule has 0 saturated carbocycles. The molecule has 7 heteroatoms. The number of anilines is 1. The van der Waals surface area contributed by atoms with E-state index < -0.39 is 4.92 Å². The van der Waals surface area contributed by atoms with Gasteiger partial charge in [-0.1, -0.05) is 0 Å². The van der Waals surface area contributed by atoms with Crippen LogP contribution in [0.3, 0.4) is 0 Å². The van der Waals surface area contributed by atoms with E-state index in [0.717, 1.165) is 16.7 Å². The highest BCUT2D eigenvalue weighted by molar-refractivity contribution is 5.92. The zero-order chi connectivity index (χ0) is 14.0. The fourth-order valence-corrected chi connectivity index (χ4v) is 1.94. The molecule has 0 bridgehead atoms. The van der Waals surface area contributed by atoms with E-state index in [2.05, 4.69) is 5.10 Å². The monoisotopic (exact) mass is 264 g/mol. The average Bonchev–Trinajstić information content (AvgIpc) is 2.74. The number of fused-ring (bicyclic) bond motifs is 1. The summed E-state index contributed by atoms with van der Waals surface area (Å²) < 4.78 is 6.85. The highest BCUT2D eigenvalue weighted by Crippen LogP contribution is 2.28. The molecule has 0 aliphatic carbocycles. The Labute approximate surface area is 110 Å². The van der Waals surface area contributed by atoms with Gasteiger partial charge >= 0.3 is 0 Å². The number of ether oxygens (including phenoxy) is 1. The first-order valence-corrected chi connectivity index (χ1v) is 5.86. The van der Waals surface area contributed by atoms with E-state index in [0.29, 0.717) is 13.2 Å². The number of nitro benzene ring substituents is 1. The number of non-ortho nitro benzene ring substituents is 1. The lowest BCUT2D eigenvalue weighted by molar-refractivity contribution is -0.384. The van der Waals surface area contributed by atoms with E-state index >= 15 is 0 Å². The highest BCUT2D eigenvalue weighted by atomic mass is 16.6. The van der Waals surface area contributed by atoms with Crippen LogP contribution in [0.25, 0.3) is 10.9 Å². The molecule has 1 aromatic heterocycles. The molecule has 1 aromatic carbocycles. The van der Waals surface area contributed by atoms with Crippen molar-refractivity contribution in [1.82, 2.24) is 9.78 Å². The Bertz CT molecular complexity index is 606. The molecule has 0 saturated heterocycles. The summed E-state index contributed by atoms with van der Waals surface area (Å²) in [7, 11) is 5.35. The van der Waals surface area contributed by atoms with E-state index in [1.165, 1.54) is 6.07 Å². The van der Waals surface area contributed by atoms with Crippen LogP contribution in [0.4, 0.5) is 11.5 Å². The molecule has 0 aliphatic rings. The Balaban J connectivity index is 2.57. The van der Waals surface area contributed by atoms with Crippen molar-refractivity contribution in [2.75, 3.05) is 32.7 Å². The molecular weight excluding hydrogens is 248 g/mol. The summed E-state index contributed by atoms with van der Waals surface area (Å²) in [5, 5.41) is 16.1. The van der Waals surface area contributed by atoms with Crippen molar-refractivity contribution in [2.24, 2.45) is 0 Å². The number of methoxy groups -OCH3 is 1. The molecule has 0 unspecified atom stereocenters. The minimum absolute atomic E-state index is 0.0712. The van der Waals surface area contributed by atoms with Crippen LogP contribution in [0, 0.1) is 10.1 Å². The molecule has 0 amide bonds. The topological polar surface area (TPSA) is 73.4 Å². The Morgan fingerprint density at radius 2 is 2.21 bits per heavy atom. The normalized spacial score (nSPS) is 10.9. The van der Waals surface area contributed by atoms with Gasteiger partial charge in [-0.25, -0.2) is 0 Å². The van der Waals surface area contributed by atoms with Gasteiger partial charge in [0.1, 0.15) is 0 Å². The number of nitro groups is 1. The number of nitrogens with zero attached hydrogens (tertiary/aromatic N) is 4. The first kappa shape index (κ1) is 13.3. The van der Waals surface area contributed by atoms with Crippen LogP contribution < -0.4 is 4.90 Å². The Morgan fingerprint density at radius 3 is 2.79 bits per heavy atom. The summed E-state index contributed by atoms with van der Waals surface area (Å²) in [5.41, 5.74) is 0.938. The van der Waals surface area contributed by atoms with Crippen LogP contribution in [0.2, 0.25) is 0 Å². The van der Waals surface area contributed by atoms with Gasteiger partial charge in [0.2, 0.25) is 0 Å². The molecule has 0 radical (unpaired) electrons. The molecule has 2 rings (SSSR count). The van der Waals surface area contributed by atoms with Crippen molar-refractivity contribution < 1.29 is 9.66 Å². The first-order chi connectivity index (χ1) is 9.04. The highest BCUT2D eigenvalue weighted by Gasteiger charge is 2.16. The second-order valence-electron chi connectivity index (χ2n) is 4.39. The maximum absolute atomic E-state index is 10.8. The standard InChI is InChI=1S/C12H16N4O3/c1-14(2)12-10-8-9(16(17)18)4-5-11(10)15(13-12)6-7-19-3/h4-5,8H,6-7H2,1-3H3. The summed E-state index contributed by atoms with van der Waals surface area (Å²) in [6, 6.07) is 4.77. The summed E-state index contributed by atoms with van der Waals surface area (Å²) in [6.07, 6.45) is 0. The van der Waals surface area contributed by atoms with Crippen molar-refractivity contribution >= 4 is 22.4 Å². The van der Waals surface area contributed by atoms with Gasteiger partial charge in [0, 0.05) is 33.3 Å². The summed E-state index contributed by atoms with van der Waals surface area (Å²) in [5.74, 6) is 0.717. The molecule has 0 fully saturated rings. The minimum Gasteiger partial charge on any atom is -0.383 e. The second kappa shape index (κ2) is 5.23. The quantitative estimate of drug-likeness (QED) is 0.606. The lowest BCUT2D eigenvalue weighted by atomic mass is 10.2. The van der Waals surface area contributed by atoms with Crippen LogP contribution in [0.15, 0.2) is 18.2 Å². The van der Waals surface area contributed by atoms with Gasteiger partial charge in [0.15, 0.2) is 5.82 Å². The third kappa shape index (κ3) is 2.50. The van der Waals surface area contributed by atoms with Crippen molar-refractivity contribution in [3.8, 4) is 0 Å². The smallest absolute Gasteiger partial charge is 0.270 e. The van der Waals surface area contributed by atoms with Crippen LogP contribution in [0.1, 0.15) is 0 Å². The maximum atomic E-state index is 10.8. The minimum atomic E-state index is -0.397. The first-order valence-electron chi connectivity index (χ1n) is 5.86. The number of hydrogen-bond acceptors (Lipinski definition) is 5. The van der Waals surface area contributed by atoms with Crippen molar-refractivity contribution in [2.45, 2.75) is 6.54 Å². The predicted molar refractivity (Wildman–Crippen MR) is 72.6 cm³/mol. The molecule has 7 nitrogen and oxygen atoms in total. The van der Waals surface area contributed by atoms with Crippen LogP contribution in [-0.2, 0) is 11.3 Å². The number of hydrogen-bond donors (Lipinski definition) is 0. The lowest BCUT2D eigenvalue weighted by Gasteiger charge is -2.07. The zero-order valence-electron chi connectivity index (χ0n) is 11.2. The SMILES string of the molecule is COCCn1nc(N(C)C)c2cc([N+](=O)[O-])ccc21. The number of aromatic nitrogens is 2. The molecule has 0 spiro atoms. The molecule has 1 heterocycles. The van der Waals surface area contributed by atoms with Crippen LogP contribution in [0.5, 0.6) is 0 Å². The van der Waals surface area contributed by atoms with Gasteiger partial charge in [-0.15, -0.1) is 0 Å². The van der Waals surface area contributed by atoms with Gasteiger partial charge in [0.05, 0.1) is 29.0 Å². The van der Waals surface area contributed by atoms with Gasteiger partial charge < -0.3 is 9.64 Å². The number of rotatable bonds is 5. The van der Waals surface area contributed by atoms with Crippen LogP contribution >= 0.6 is 0 Å². The summed E-state index contributed by atoms with van der Waals surface area (Å²) in [6.45, 7) is 1.15. The van der Waals surface area contributed by atoms with E-state index in [9.17, 15) is 10.1 Å². The van der Waals surface area contributed by atoms with Crippen molar-refractivity contribution in [3.05, 3.63) is 28.3 Å². The summed E-state index contributed by atoms with van der Waals surface area (Å²) >= 11 is 0. The second-order valence-corrected chi connectivity index (χ2v) is 4.39. The molecule has 0 N–H and O–H groups in total. The molecule has 0 atom stereocenters. The van der Waals surface area contributed by atoms with Crippen molar-refractivity contribution in [1.29, 1.82) is 0 Å². The average molecular weight is 264 g/mol. The van der Waals surface area contributed by atoms with E-state index in [4.69, 9.17) is 4.74 Å². The Morgan fingerprint density at radius 1 is 1.47 bits per heavy atom. The maximum Gasteiger partial charge on any atom is 0.270 e. The molecular formula is C12H16N4O3. The molecule has 19 heavy (non-hydrogen) atoms. The van der Waals surface area contributed by atoms with E-state index in [1.807, 2.05) is 19.0 Å². The third-order valence-corrected chi connectivity index (χ3v) is 2.86. The van der Waals surface area contributed by atoms with Crippen LogP contribution in [-0.4, -0.2) is 42.5 Å². The number of benzene rings is 1. The summed E-state index contributed by atoms with van der Waals surface area (Å²) in [4.78, 5) is 12.3. The lowest BCUT2D eigenvalue weighted by Crippen LogP contribution is -2.11. The predicted octanol–water partition coefficient (Wildman–Crippen LogP) is 1.66. The van der Waals surface area contributed by atoms with Crippen molar-refractivity contribution in [3.63, 3.8) is 0 Å². The Kier molecular flexibility index (Phi) is 3.66. The molecule has 102 valence electrons. The Hall–Kier alpha value is -2.15. The fraction of sp³-hybridized carbons (Fsp3) is 0.417. The van der Waals surface area contributed by atoms with Gasteiger partial charge in [-0.2, -0.15) is 5.10 Å². The molecule has 0 aliphatic heterocycles. The van der Waals surface area contributed by atoms with Gasteiger partial charge in [0.25, 0.3) is 5.69 Å². The van der Waals surface area contributed by atoms with E-state index in [1.54, 1.807) is 23.9 Å². The fourth-order valence-electron chi connectivity index (χ4n) is 1.94. The van der Waals surface area contributed by atoms with Gasteiger partial charge in [-0.3, -0.25) is 14.8 Å². The van der Waals surface area contributed by atoms with E-state index in [-0.39, 0.29) is 5.69 Å².